The summed E-state index contributed by atoms with van der Waals surface area (Å²) in [6.45, 7) is 6.21. The van der Waals surface area contributed by atoms with Gasteiger partial charge in [-0.25, -0.2) is 9.97 Å². The third-order valence-electron chi connectivity index (χ3n) is 2.88. The number of hydrogen-bond acceptors (Lipinski definition) is 3. The molecule has 0 unspecified atom stereocenters. The number of nitrogens with zero attached hydrogens (tertiary/aromatic N) is 2. The Hall–Kier alpha value is -0.940. The van der Waals surface area contributed by atoms with E-state index in [1.807, 2.05) is 25.1 Å². The molecule has 100 valence electrons. The molecule has 1 aromatic heterocycles. The van der Waals surface area contributed by atoms with Crippen LogP contribution in [0, 0.1) is 6.92 Å². The molecule has 19 heavy (non-hydrogen) atoms. The Kier molecular flexibility index (Phi) is 4.26. The number of aryl methyl sites for hydroxylation is 1. The Morgan fingerprint density at radius 2 is 1.84 bits per heavy atom. The average molecular weight is 385 g/mol. The molecule has 0 bridgehead atoms. The van der Waals surface area contributed by atoms with Crippen LogP contribution in [-0.2, 0) is 0 Å². The first-order valence-corrected chi connectivity index (χ1v) is 7.58. The van der Waals surface area contributed by atoms with E-state index in [1.54, 1.807) is 0 Å². The highest BCUT2D eigenvalue weighted by Crippen LogP contribution is 2.31. The van der Waals surface area contributed by atoms with Gasteiger partial charge >= 0.3 is 0 Å². The number of nitrogens with two attached hydrogens (primary N) is 1. The summed E-state index contributed by atoms with van der Waals surface area (Å²) in [5.74, 6) is 1.44. The van der Waals surface area contributed by atoms with Gasteiger partial charge < -0.3 is 5.73 Å². The molecule has 1 aromatic carbocycles. The first-order valence-electron chi connectivity index (χ1n) is 5.99. The monoisotopic (exact) mass is 383 g/mol. The molecule has 2 rings (SSSR count). The maximum atomic E-state index is 5.97. The molecule has 0 aliphatic heterocycles. The number of hydrogen-bond donors (Lipinski definition) is 1. The second-order valence-electron chi connectivity index (χ2n) is 4.75. The minimum absolute atomic E-state index is 0.286. The van der Waals surface area contributed by atoms with Crippen molar-refractivity contribution in [3.8, 4) is 11.4 Å². The van der Waals surface area contributed by atoms with Crippen molar-refractivity contribution >= 4 is 37.7 Å². The Morgan fingerprint density at radius 1 is 1.16 bits per heavy atom. The number of nitrogen functional groups attached to an aromatic ring is 1. The maximum Gasteiger partial charge on any atom is 0.162 e. The summed E-state index contributed by atoms with van der Waals surface area (Å²) in [4.78, 5) is 9.02. The fraction of sp³-hybridized carbons (Fsp3) is 0.286. The average Bonchev–Trinajstić information content (AvgIpc) is 2.32. The van der Waals surface area contributed by atoms with Gasteiger partial charge in [0.25, 0.3) is 0 Å². The van der Waals surface area contributed by atoms with Crippen LogP contribution in [0.4, 0.5) is 5.82 Å². The van der Waals surface area contributed by atoms with Crippen molar-refractivity contribution in [1.82, 2.24) is 9.97 Å². The van der Waals surface area contributed by atoms with Gasteiger partial charge in [-0.3, -0.25) is 0 Å². The Morgan fingerprint density at radius 3 is 2.42 bits per heavy atom. The van der Waals surface area contributed by atoms with Gasteiger partial charge in [-0.15, -0.1) is 0 Å². The van der Waals surface area contributed by atoms with Crippen LogP contribution in [0.1, 0.15) is 31.0 Å². The molecule has 2 aromatic rings. The normalized spacial score (nSPS) is 11.1. The molecule has 2 N–H and O–H groups in total. The van der Waals surface area contributed by atoms with Gasteiger partial charge in [0.15, 0.2) is 5.82 Å². The number of rotatable bonds is 2. The quantitative estimate of drug-likeness (QED) is 0.817. The zero-order valence-corrected chi connectivity index (χ0v) is 14.2. The van der Waals surface area contributed by atoms with Gasteiger partial charge in [-0.05, 0) is 52.5 Å². The molecule has 1 heterocycles. The molecular weight excluding hydrogens is 370 g/mol. The van der Waals surface area contributed by atoms with Gasteiger partial charge in [-0.1, -0.05) is 29.8 Å². The maximum absolute atomic E-state index is 5.97. The van der Waals surface area contributed by atoms with Crippen molar-refractivity contribution in [3.05, 3.63) is 38.4 Å². The van der Waals surface area contributed by atoms with E-state index in [4.69, 9.17) is 5.73 Å². The topological polar surface area (TPSA) is 51.8 Å². The van der Waals surface area contributed by atoms with E-state index in [2.05, 4.69) is 55.7 Å². The molecule has 0 atom stereocenters. The SMILES string of the molecule is Cc1cc(Br)ccc1-c1nc(N)c(Br)c(C(C)C)n1. The molecule has 0 saturated heterocycles. The first-order chi connectivity index (χ1) is 8.90. The van der Waals surface area contributed by atoms with Crippen molar-refractivity contribution in [2.75, 3.05) is 5.73 Å². The van der Waals surface area contributed by atoms with Gasteiger partial charge in [0, 0.05) is 10.0 Å². The van der Waals surface area contributed by atoms with E-state index >= 15 is 0 Å². The highest BCUT2D eigenvalue weighted by molar-refractivity contribution is 9.11. The largest absolute Gasteiger partial charge is 0.383 e. The highest BCUT2D eigenvalue weighted by Gasteiger charge is 2.15. The summed E-state index contributed by atoms with van der Waals surface area (Å²) < 4.78 is 1.84. The molecule has 0 spiro atoms. The van der Waals surface area contributed by atoms with Gasteiger partial charge in [0.1, 0.15) is 5.82 Å². The Labute approximate surface area is 129 Å². The van der Waals surface area contributed by atoms with Crippen LogP contribution < -0.4 is 5.73 Å². The zero-order chi connectivity index (χ0) is 14.2. The standard InChI is InChI=1S/C14H15Br2N3/c1-7(2)12-11(16)13(17)19-14(18-12)10-5-4-9(15)6-8(10)3/h4-7H,1-3H3,(H2,17,18,19). The van der Waals surface area contributed by atoms with E-state index in [1.165, 1.54) is 0 Å². The molecule has 3 nitrogen and oxygen atoms in total. The summed E-state index contributed by atoms with van der Waals surface area (Å²) in [6.07, 6.45) is 0. The van der Waals surface area contributed by atoms with Crippen LogP contribution in [0.3, 0.4) is 0 Å². The lowest BCUT2D eigenvalue weighted by Gasteiger charge is -2.12. The van der Waals surface area contributed by atoms with Gasteiger partial charge in [0.05, 0.1) is 10.2 Å². The molecule has 0 fully saturated rings. The van der Waals surface area contributed by atoms with Crippen molar-refractivity contribution in [3.63, 3.8) is 0 Å². The van der Waals surface area contributed by atoms with Crippen LogP contribution in [0.5, 0.6) is 0 Å². The lowest BCUT2D eigenvalue weighted by Crippen LogP contribution is -2.04. The predicted octanol–water partition coefficient (Wildman–Crippen LogP) is 4.68. The molecular formula is C14H15Br2N3. The van der Waals surface area contributed by atoms with E-state index in [0.29, 0.717) is 11.6 Å². The first kappa shape index (κ1) is 14.5. The van der Waals surface area contributed by atoms with Crippen LogP contribution in [0.2, 0.25) is 0 Å². The van der Waals surface area contributed by atoms with Crippen LogP contribution >= 0.6 is 31.9 Å². The second-order valence-corrected chi connectivity index (χ2v) is 6.45. The third kappa shape index (κ3) is 2.98. The minimum Gasteiger partial charge on any atom is -0.383 e. The van der Waals surface area contributed by atoms with E-state index < -0.39 is 0 Å². The second kappa shape index (κ2) is 5.59. The summed E-state index contributed by atoms with van der Waals surface area (Å²) >= 11 is 6.92. The molecule has 5 heteroatoms. The molecule has 0 aliphatic rings. The number of aromatic nitrogens is 2. The van der Waals surface area contributed by atoms with Crippen molar-refractivity contribution < 1.29 is 0 Å². The van der Waals surface area contributed by atoms with Crippen LogP contribution in [-0.4, -0.2) is 9.97 Å². The van der Waals surface area contributed by atoms with E-state index in [-0.39, 0.29) is 5.92 Å². The number of halogens is 2. The van der Waals surface area contributed by atoms with Crippen LogP contribution in [0.25, 0.3) is 11.4 Å². The van der Waals surface area contributed by atoms with E-state index in [9.17, 15) is 0 Å². The molecule has 0 saturated carbocycles. The molecule has 0 aliphatic carbocycles. The summed E-state index contributed by atoms with van der Waals surface area (Å²) in [5, 5.41) is 0. The summed E-state index contributed by atoms with van der Waals surface area (Å²) in [6, 6.07) is 6.04. The minimum atomic E-state index is 0.286. The summed E-state index contributed by atoms with van der Waals surface area (Å²) in [7, 11) is 0. The Bertz CT molecular complexity index is 624. The molecule has 0 radical (unpaired) electrons. The smallest absolute Gasteiger partial charge is 0.162 e. The van der Waals surface area contributed by atoms with E-state index in [0.717, 1.165) is 25.8 Å². The molecule has 0 amide bonds. The lowest BCUT2D eigenvalue weighted by atomic mass is 10.1. The van der Waals surface area contributed by atoms with Crippen LogP contribution in [0.15, 0.2) is 27.1 Å². The highest BCUT2D eigenvalue weighted by atomic mass is 79.9. The van der Waals surface area contributed by atoms with Crippen molar-refractivity contribution in [1.29, 1.82) is 0 Å². The predicted molar refractivity (Wildman–Crippen MR) is 86.1 cm³/mol. The number of benzene rings is 1. The zero-order valence-electron chi connectivity index (χ0n) is 11.0. The summed E-state index contributed by atoms with van der Waals surface area (Å²) in [5.41, 5.74) is 9.02. The van der Waals surface area contributed by atoms with Crippen molar-refractivity contribution in [2.24, 2.45) is 0 Å². The van der Waals surface area contributed by atoms with Gasteiger partial charge in [-0.2, -0.15) is 0 Å². The van der Waals surface area contributed by atoms with Gasteiger partial charge in [0.2, 0.25) is 0 Å². The van der Waals surface area contributed by atoms with Crippen molar-refractivity contribution in [2.45, 2.75) is 26.7 Å². The fourth-order valence-corrected chi connectivity index (χ4v) is 2.97. The lowest BCUT2D eigenvalue weighted by molar-refractivity contribution is 0.811. The Balaban J connectivity index is 2.63. The fourth-order valence-electron chi connectivity index (χ4n) is 1.86. The third-order valence-corrected chi connectivity index (χ3v) is 4.18. The number of anilines is 1.